The van der Waals surface area contributed by atoms with Gasteiger partial charge in [0.15, 0.2) is 11.1 Å². The second-order valence-corrected chi connectivity index (χ2v) is 13.4. The minimum Gasteiger partial charge on any atom is -0.456 e. The van der Waals surface area contributed by atoms with E-state index in [1.165, 1.54) is 61.0 Å². The van der Waals surface area contributed by atoms with Crippen LogP contribution in [0.2, 0.25) is 0 Å². The molecular formula is C42H31N5O+2. The molecule has 1 unspecified atom stereocenters. The van der Waals surface area contributed by atoms with Gasteiger partial charge in [-0.05, 0) is 74.9 Å². The summed E-state index contributed by atoms with van der Waals surface area (Å²) in [5, 5.41) is 2.47. The van der Waals surface area contributed by atoms with Gasteiger partial charge in [0.25, 0.3) is 5.82 Å². The summed E-state index contributed by atoms with van der Waals surface area (Å²) in [5.74, 6) is 2.90. The van der Waals surface area contributed by atoms with Crippen LogP contribution in [-0.2, 0) is 5.66 Å². The number of aromatic nitrogens is 5. The van der Waals surface area contributed by atoms with Crippen LogP contribution in [0, 0.1) is 27.7 Å². The Morgan fingerprint density at radius 2 is 1.50 bits per heavy atom. The number of nitrogens with zero attached hydrogens (tertiary/aromatic N) is 5. The van der Waals surface area contributed by atoms with Gasteiger partial charge in [-0.2, -0.15) is 9.13 Å². The van der Waals surface area contributed by atoms with Gasteiger partial charge in [-0.3, -0.25) is 4.98 Å². The summed E-state index contributed by atoms with van der Waals surface area (Å²) in [4.78, 5) is 5.19. The van der Waals surface area contributed by atoms with E-state index in [2.05, 4.69) is 162 Å². The molecule has 6 nitrogen and oxygen atoms in total. The number of hydrogen-bond donors (Lipinski definition) is 0. The number of hydrogen-bond acceptors (Lipinski definition) is 2. The van der Waals surface area contributed by atoms with Gasteiger partial charge >= 0.3 is 5.66 Å². The van der Waals surface area contributed by atoms with E-state index in [-0.39, 0.29) is 0 Å². The van der Waals surface area contributed by atoms with Crippen LogP contribution < -0.4 is 14.0 Å². The van der Waals surface area contributed by atoms with E-state index in [0.29, 0.717) is 0 Å². The molecule has 7 heterocycles. The smallest absolute Gasteiger partial charge is 0.397 e. The lowest BCUT2D eigenvalue weighted by Gasteiger charge is -2.33. The molecule has 0 N–H and O–H groups in total. The Bertz CT molecular complexity index is 2730. The van der Waals surface area contributed by atoms with Crippen molar-refractivity contribution in [2.75, 3.05) is 0 Å². The van der Waals surface area contributed by atoms with E-state index in [9.17, 15) is 0 Å². The Morgan fingerprint density at radius 1 is 0.708 bits per heavy atom. The molecule has 3 aliphatic heterocycles. The molecule has 4 aromatic carbocycles. The van der Waals surface area contributed by atoms with Gasteiger partial charge in [0.1, 0.15) is 28.3 Å². The monoisotopic (exact) mass is 621 g/mol. The quantitative estimate of drug-likeness (QED) is 0.183. The van der Waals surface area contributed by atoms with Crippen LogP contribution in [0.3, 0.4) is 0 Å². The van der Waals surface area contributed by atoms with E-state index >= 15 is 0 Å². The Hall–Kier alpha value is -6.01. The summed E-state index contributed by atoms with van der Waals surface area (Å²) < 4.78 is 16.8. The molecule has 0 bridgehead atoms. The highest BCUT2D eigenvalue weighted by Gasteiger charge is 2.70. The molecule has 11 rings (SSSR count). The van der Waals surface area contributed by atoms with Crippen molar-refractivity contribution < 1.29 is 14.0 Å². The van der Waals surface area contributed by atoms with Crippen LogP contribution in [0.15, 0.2) is 115 Å². The van der Waals surface area contributed by atoms with Crippen molar-refractivity contribution in [3.8, 4) is 45.4 Å². The molecular weight excluding hydrogens is 590 g/mol. The maximum Gasteiger partial charge on any atom is 0.397 e. The number of pyridine rings is 2. The highest BCUT2D eigenvalue weighted by molar-refractivity contribution is 6.11. The number of fused-ring (bicyclic) bond motifs is 7. The molecule has 6 heteroatoms. The SMILES string of the molecule is Cc1cc(-c2ccccc2)nc(C)c1-c1c(C)n2[n+](c1C)C13c4c(cccc4-2)Oc2ccc4c5ccccc5n(c4c21)-c1cccc[n+]13. The number of ether oxygens (including phenoxy) is 1. The molecule has 0 fully saturated rings. The van der Waals surface area contributed by atoms with E-state index in [0.717, 1.165) is 40.0 Å². The topological polar surface area (TPSA) is 39.7 Å². The fourth-order valence-electron chi connectivity index (χ4n) is 9.30. The van der Waals surface area contributed by atoms with Crippen molar-refractivity contribution in [2.24, 2.45) is 0 Å². The van der Waals surface area contributed by atoms with E-state index in [1.807, 2.05) is 0 Å². The lowest BCUT2D eigenvalue weighted by atomic mass is 9.83. The summed E-state index contributed by atoms with van der Waals surface area (Å²) in [6.45, 7) is 8.92. The molecule has 0 aliphatic carbocycles. The van der Waals surface area contributed by atoms with E-state index in [1.54, 1.807) is 0 Å². The van der Waals surface area contributed by atoms with Crippen molar-refractivity contribution in [3.63, 3.8) is 0 Å². The predicted octanol–water partition coefficient (Wildman–Crippen LogP) is 8.14. The highest BCUT2D eigenvalue weighted by atomic mass is 16.5. The van der Waals surface area contributed by atoms with Crippen molar-refractivity contribution >= 4 is 21.8 Å². The van der Waals surface area contributed by atoms with Gasteiger partial charge in [0, 0.05) is 40.6 Å². The molecule has 3 aliphatic rings. The van der Waals surface area contributed by atoms with Crippen LogP contribution >= 0.6 is 0 Å². The molecule has 1 atom stereocenters. The van der Waals surface area contributed by atoms with Crippen LogP contribution in [0.5, 0.6) is 11.5 Å². The zero-order valence-electron chi connectivity index (χ0n) is 27.1. The van der Waals surface area contributed by atoms with E-state index in [4.69, 9.17) is 9.72 Å². The molecule has 0 amide bonds. The summed E-state index contributed by atoms with van der Waals surface area (Å²) in [6.07, 6.45) is 2.25. The normalized spacial score (nSPS) is 16.2. The first-order valence-electron chi connectivity index (χ1n) is 16.6. The lowest BCUT2D eigenvalue weighted by molar-refractivity contribution is -0.995. The average molecular weight is 622 g/mol. The molecule has 1 spiro atoms. The Morgan fingerprint density at radius 3 is 2.35 bits per heavy atom. The van der Waals surface area contributed by atoms with Crippen molar-refractivity contribution in [3.05, 3.63) is 149 Å². The maximum absolute atomic E-state index is 6.87. The standard InChI is InChI=1S/C42H31N5O/c1-24-23-31(28-13-6-5-7-14-28)43-25(2)37(24)38-26(3)46-33-17-12-18-34-39(33)42(47(46)27(38)4)40-35(48-34)21-20-30-29-15-8-9-16-32(29)45(41(30)40)36-19-10-11-22-44(36)42/h5-23H,1-4H3/q+2. The van der Waals surface area contributed by atoms with Gasteiger partial charge in [-0.25, -0.2) is 0 Å². The summed E-state index contributed by atoms with van der Waals surface area (Å²) >= 11 is 0. The zero-order chi connectivity index (χ0) is 32.1. The van der Waals surface area contributed by atoms with Gasteiger partial charge in [-0.15, -0.1) is 4.68 Å². The Kier molecular flexibility index (Phi) is 4.71. The van der Waals surface area contributed by atoms with Gasteiger partial charge in [-0.1, -0.05) is 59.3 Å². The third-order valence-corrected chi connectivity index (χ3v) is 10.9. The maximum atomic E-state index is 6.87. The highest BCUT2D eigenvalue weighted by Crippen LogP contribution is 2.56. The molecule has 0 saturated heterocycles. The molecule has 4 aromatic heterocycles. The average Bonchev–Trinajstić information content (AvgIpc) is 3.71. The van der Waals surface area contributed by atoms with E-state index < -0.39 is 5.66 Å². The minimum absolute atomic E-state index is 0.716. The van der Waals surface area contributed by atoms with Crippen LogP contribution in [0.25, 0.3) is 55.7 Å². The predicted molar refractivity (Wildman–Crippen MR) is 186 cm³/mol. The molecule has 48 heavy (non-hydrogen) atoms. The number of rotatable bonds is 2. The van der Waals surface area contributed by atoms with Crippen molar-refractivity contribution in [2.45, 2.75) is 33.4 Å². The van der Waals surface area contributed by atoms with Gasteiger partial charge in [0.05, 0.1) is 23.1 Å². The van der Waals surface area contributed by atoms with Gasteiger partial charge < -0.3 is 4.74 Å². The summed E-state index contributed by atoms with van der Waals surface area (Å²) in [6, 6.07) is 38.9. The first kappa shape index (κ1) is 26.1. The van der Waals surface area contributed by atoms with Crippen molar-refractivity contribution in [1.82, 2.24) is 14.2 Å². The third-order valence-electron chi connectivity index (χ3n) is 10.9. The first-order valence-corrected chi connectivity index (χ1v) is 16.6. The summed E-state index contributed by atoms with van der Waals surface area (Å²) in [5.41, 5.74) is 14.3. The third kappa shape index (κ3) is 2.81. The van der Waals surface area contributed by atoms with Gasteiger partial charge in [0.2, 0.25) is 5.69 Å². The molecule has 0 radical (unpaired) electrons. The van der Waals surface area contributed by atoms with Crippen LogP contribution in [0.1, 0.15) is 33.8 Å². The Balaban J connectivity index is 1.30. The zero-order valence-corrected chi connectivity index (χ0v) is 27.1. The molecule has 228 valence electrons. The second kappa shape index (κ2) is 8.66. The van der Waals surface area contributed by atoms with Crippen molar-refractivity contribution in [1.29, 1.82) is 0 Å². The molecule has 8 aromatic rings. The second-order valence-electron chi connectivity index (χ2n) is 13.4. The number of benzene rings is 4. The fraction of sp³-hybridized carbons (Fsp3) is 0.119. The molecule has 0 saturated carbocycles. The lowest BCUT2D eigenvalue weighted by Crippen LogP contribution is -2.77. The largest absolute Gasteiger partial charge is 0.456 e. The first-order chi connectivity index (χ1) is 23.5. The minimum atomic E-state index is -0.716. The van der Waals surface area contributed by atoms with Crippen LogP contribution in [0.4, 0.5) is 0 Å². The number of aryl methyl sites for hydroxylation is 2. The Labute approximate surface area is 277 Å². The van der Waals surface area contributed by atoms with Crippen LogP contribution in [-0.4, -0.2) is 14.2 Å². The summed E-state index contributed by atoms with van der Waals surface area (Å²) in [7, 11) is 0. The fourth-order valence-corrected chi connectivity index (χ4v) is 9.30. The number of para-hydroxylation sites is 1.